The van der Waals surface area contributed by atoms with Gasteiger partial charge in [0.2, 0.25) is 0 Å². The molecule has 1 unspecified atom stereocenters. The van der Waals surface area contributed by atoms with Crippen LogP contribution in [0.5, 0.6) is 11.5 Å². The lowest BCUT2D eigenvalue weighted by Gasteiger charge is -2.29. The first-order chi connectivity index (χ1) is 8.95. The minimum Gasteiger partial charge on any atom is -0.464 e. The van der Waals surface area contributed by atoms with Crippen molar-refractivity contribution in [1.82, 2.24) is 0 Å². The molecule has 0 radical (unpaired) electrons. The van der Waals surface area contributed by atoms with Crippen molar-refractivity contribution >= 4 is 5.97 Å². The average Bonchev–Trinajstić information content (AvgIpc) is 2.40. The van der Waals surface area contributed by atoms with Gasteiger partial charge in [0.25, 0.3) is 0 Å². The number of methoxy groups -OCH3 is 1. The first-order valence-corrected chi connectivity index (χ1v) is 6.46. The van der Waals surface area contributed by atoms with Gasteiger partial charge in [0.15, 0.2) is 6.29 Å². The molecule has 0 spiro atoms. The van der Waals surface area contributed by atoms with E-state index in [9.17, 15) is 4.79 Å². The highest BCUT2D eigenvalue weighted by Crippen LogP contribution is 2.41. The Kier molecular flexibility index (Phi) is 3.80. The van der Waals surface area contributed by atoms with E-state index in [1.807, 2.05) is 20.8 Å². The van der Waals surface area contributed by atoms with Crippen molar-refractivity contribution in [3.8, 4) is 11.5 Å². The molecular weight excluding hydrogens is 244 g/mol. The molecule has 0 fully saturated rings. The summed E-state index contributed by atoms with van der Waals surface area (Å²) in [6.45, 7) is 7.32. The van der Waals surface area contributed by atoms with Crippen LogP contribution in [0.15, 0.2) is 0 Å². The summed E-state index contributed by atoms with van der Waals surface area (Å²) >= 11 is 0. The van der Waals surface area contributed by atoms with Crippen molar-refractivity contribution in [2.45, 2.75) is 46.8 Å². The van der Waals surface area contributed by atoms with E-state index in [1.165, 1.54) is 6.92 Å². The minimum absolute atomic E-state index is 0.190. The fourth-order valence-electron chi connectivity index (χ4n) is 2.53. The van der Waals surface area contributed by atoms with E-state index in [2.05, 4.69) is 0 Å². The van der Waals surface area contributed by atoms with Crippen LogP contribution < -0.4 is 9.47 Å². The lowest BCUT2D eigenvalue weighted by atomic mass is 9.93. The van der Waals surface area contributed by atoms with Gasteiger partial charge in [0, 0.05) is 26.0 Å². The van der Waals surface area contributed by atoms with Gasteiger partial charge >= 0.3 is 5.97 Å². The Hall–Kier alpha value is -1.55. The first-order valence-electron chi connectivity index (χ1n) is 6.46. The van der Waals surface area contributed by atoms with Gasteiger partial charge in [0.05, 0.1) is 0 Å². The average molecular weight is 264 g/mol. The van der Waals surface area contributed by atoms with Gasteiger partial charge in [-0.2, -0.15) is 0 Å². The molecule has 0 saturated heterocycles. The topological polar surface area (TPSA) is 44.8 Å². The molecular formula is C15H20O4. The Morgan fingerprint density at radius 1 is 1.21 bits per heavy atom. The number of rotatable bonds is 2. The Bertz CT molecular complexity index is 520. The number of fused-ring (bicyclic) bond motifs is 1. The van der Waals surface area contributed by atoms with Crippen LogP contribution in [0.3, 0.4) is 0 Å². The van der Waals surface area contributed by atoms with Crippen molar-refractivity contribution in [3.63, 3.8) is 0 Å². The predicted molar refractivity (Wildman–Crippen MR) is 71.7 cm³/mol. The van der Waals surface area contributed by atoms with Crippen molar-refractivity contribution in [2.75, 3.05) is 7.11 Å². The van der Waals surface area contributed by atoms with Gasteiger partial charge in [-0.1, -0.05) is 0 Å². The van der Waals surface area contributed by atoms with Crippen LogP contribution in [0.25, 0.3) is 0 Å². The summed E-state index contributed by atoms with van der Waals surface area (Å²) in [5.74, 6) is 1.25. The minimum atomic E-state index is -0.294. The normalized spacial score (nSPS) is 17.6. The van der Waals surface area contributed by atoms with Crippen LogP contribution in [-0.2, 0) is 16.0 Å². The molecule has 1 aromatic rings. The van der Waals surface area contributed by atoms with Crippen molar-refractivity contribution in [3.05, 3.63) is 22.3 Å². The highest BCUT2D eigenvalue weighted by molar-refractivity contribution is 5.72. The third kappa shape index (κ3) is 2.45. The molecule has 1 aliphatic heterocycles. The molecule has 0 bridgehead atoms. The van der Waals surface area contributed by atoms with Crippen molar-refractivity contribution in [1.29, 1.82) is 0 Å². The molecule has 0 amide bonds. The number of esters is 1. The van der Waals surface area contributed by atoms with E-state index in [4.69, 9.17) is 14.2 Å². The highest BCUT2D eigenvalue weighted by atomic mass is 16.7. The van der Waals surface area contributed by atoms with Gasteiger partial charge in [-0.15, -0.1) is 0 Å². The van der Waals surface area contributed by atoms with Crippen LogP contribution in [-0.4, -0.2) is 19.4 Å². The van der Waals surface area contributed by atoms with Crippen molar-refractivity contribution < 1.29 is 19.0 Å². The molecule has 1 atom stereocenters. The van der Waals surface area contributed by atoms with E-state index in [1.54, 1.807) is 7.11 Å². The van der Waals surface area contributed by atoms with E-state index >= 15 is 0 Å². The molecule has 104 valence electrons. The van der Waals surface area contributed by atoms with Gasteiger partial charge in [-0.25, -0.2) is 0 Å². The number of hydrogen-bond acceptors (Lipinski definition) is 4. The number of ether oxygens (including phenoxy) is 3. The molecule has 0 N–H and O–H groups in total. The van der Waals surface area contributed by atoms with E-state index in [0.29, 0.717) is 5.75 Å². The zero-order valence-electron chi connectivity index (χ0n) is 12.1. The second-order valence-electron chi connectivity index (χ2n) is 4.93. The Morgan fingerprint density at radius 3 is 2.47 bits per heavy atom. The molecule has 0 saturated carbocycles. The second kappa shape index (κ2) is 5.21. The monoisotopic (exact) mass is 264 g/mol. The molecule has 1 heterocycles. The zero-order chi connectivity index (χ0) is 14.2. The first kappa shape index (κ1) is 13.9. The summed E-state index contributed by atoms with van der Waals surface area (Å²) in [5, 5.41) is 0. The van der Waals surface area contributed by atoms with Crippen LogP contribution in [0.4, 0.5) is 0 Å². The Balaban J connectivity index is 2.53. The third-order valence-corrected chi connectivity index (χ3v) is 3.70. The van der Waals surface area contributed by atoms with E-state index in [0.717, 1.165) is 40.8 Å². The lowest BCUT2D eigenvalue weighted by Crippen LogP contribution is -2.26. The van der Waals surface area contributed by atoms with E-state index in [-0.39, 0.29) is 12.3 Å². The number of carbonyl (C=O) groups excluding carboxylic acids is 1. The molecule has 0 aromatic heterocycles. The number of carbonyl (C=O) groups is 1. The summed E-state index contributed by atoms with van der Waals surface area (Å²) in [4.78, 5) is 11.2. The number of benzene rings is 1. The highest BCUT2D eigenvalue weighted by Gasteiger charge is 2.26. The van der Waals surface area contributed by atoms with Gasteiger partial charge in [-0.05, 0) is 43.9 Å². The Morgan fingerprint density at radius 2 is 1.89 bits per heavy atom. The molecule has 19 heavy (non-hydrogen) atoms. The Labute approximate surface area is 113 Å². The van der Waals surface area contributed by atoms with Crippen LogP contribution in [0.1, 0.15) is 35.6 Å². The summed E-state index contributed by atoms with van der Waals surface area (Å²) in [7, 11) is 1.65. The summed E-state index contributed by atoms with van der Waals surface area (Å²) in [5.41, 5.74) is 4.07. The van der Waals surface area contributed by atoms with Gasteiger partial charge in [0.1, 0.15) is 11.5 Å². The van der Waals surface area contributed by atoms with Gasteiger partial charge < -0.3 is 14.2 Å². The maximum Gasteiger partial charge on any atom is 0.308 e. The maximum atomic E-state index is 11.2. The van der Waals surface area contributed by atoms with Gasteiger partial charge in [-0.3, -0.25) is 4.79 Å². The standard InChI is InChI=1S/C15H20O4/c1-8-9(2)15-12(6-7-13(17-5)19-15)10(3)14(8)18-11(4)16/h13H,6-7H2,1-5H3. The van der Waals surface area contributed by atoms with Crippen LogP contribution >= 0.6 is 0 Å². The lowest BCUT2D eigenvalue weighted by molar-refractivity contribution is -0.132. The molecule has 0 aliphatic carbocycles. The second-order valence-corrected chi connectivity index (χ2v) is 4.93. The molecule has 4 nitrogen and oxygen atoms in total. The summed E-state index contributed by atoms with van der Waals surface area (Å²) in [6, 6.07) is 0. The predicted octanol–water partition coefficient (Wildman–Crippen LogP) is 2.83. The smallest absolute Gasteiger partial charge is 0.308 e. The van der Waals surface area contributed by atoms with E-state index < -0.39 is 0 Å². The van der Waals surface area contributed by atoms with Crippen LogP contribution in [0, 0.1) is 20.8 Å². The molecule has 4 heteroatoms. The molecule has 1 aliphatic rings. The maximum absolute atomic E-state index is 11.2. The molecule has 2 rings (SSSR count). The molecule has 1 aromatic carbocycles. The zero-order valence-corrected chi connectivity index (χ0v) is 12.1. The van der Waals surface area contributed by atoms with Crippen molar-refractivity contribution in [2.24, 2.45) is 0 Å². The van der Waals surface area contributed by atoms with Crippen LogP contribution in [0.2, 0.25) is 0 Å². The largest absolute Gasteiger partial charge is 0.464 e. The SMILES string of the molecule is COC1CCc2c(C)c(OC(C)=O)c(C)c(C)c2O1. The quantitative estimate of drug-likeness (QED) is 0.608. The summed E-state index contributed by atoms with van der Waals surface area (Å²) < 4.78 is 16.5. The summed E-state index contributed by atoms with van der Waals surface area (Å²) in [6.07, 6.45) is 1.49. The number of hydrogen-bond donors (Lipinski definition) is 0. The fourth-order valence-corrected chi connectivity index (χ4v) is 2.53. The fraction of sp³-hybridized carbons (Fsp3) is 0.533. The third-order valence-electron chi connectivity index (χ3n) is 3.70.